The van der Waals surface area contributed by atoms with E-state index in [0.29, 0.717) is 19.2 Å². The first-order chi connectivity index (χ1) is 9.76. The summed E-state index contributed by atoms with van der Waals surface area (Å²) in [6.45, 7) is 4.38. The Kier molecular flexibility index (Phi) is 3.96. The molecule has 1 aliphatic carbocycles. The number of nitrogens with two attached hydrogens (primary N) is 1. The van der Waals surface area contributed by atoms with Crippen LogP contribution in [0.5, 0.6) is 0 Å². The molecular weight excluding hydrogens is 272 g/mol. The molecular formula is C14H22N4OS. The quantitative estimate of drug-likeness (QED) is 0.849. The summed E-state index contributed by atoms with van der Waals surface area (Å²) >= 11 is 1.65. The fourth-order valence-electron chi connectivity index (χ4n) is 2.77. The molecule has 2 aromatic rings. The molecule has 0 saturated heterocycles. The minimum Gasteiger partial charge on any atom is -0.383 e. The van der Waals surface area contributed by atoms with Gasteiger partial charge in [-0.1, -0.05) is 0 Å². The van der Waals surface area contributed by atoms with E-state index in [4.69, 9.17) is 15.5 Å². The Bertz CT molecular complexity index is 575. The number of aromatic nitrogens is 2. The molecule has 0 spiro atoms. The number of thiazole rings is 1. The lowest BCUT2D eigenvalue weighted by molar-refractivity contribution is 0.202. The highest BCUT2D eigenvalue weighted by atomic mass is 32.1. The van der Waals surface area contributed by atoms with Crippen LogP contribution in [0.2, 0.25) is 0 Å². The summed E-state index contributed by atoms with van der Waals surface area (Å²) in [6, 6.07) is 0.500. The lowest BCUT2D eigenvalue weighted by atomic mass is 10.1. The third-order valence-electron chi connectivity index (χ3n) is 4.14. The summed E-state index contributed by atoms with van der Waals surface area (Å²) in [5.74, 6) is 1.83. The molecule has 20 heavy (non-hydrogen) atoms. The second-order valence-corrected chi connectivity index (χ2v) is 6.28. The van der Waals surface area contributed by atoms with Gasteiger partial charge in [-0.15, -0.1) is 11.3 Å². The Morgan fingerprint density at radius 1 is 1.60 bits per heavy atom. The van der Waals surface area contributed by atoms with Gasteiger partial charge in [0.15, 0.2) is 10.8 Å². The molecule has 1 fully saturated rings. The molecule has 2 heterocycles. The fourth-order valence-corrected chi connectivity index (χ4v) is 3.49. The van der Waals surface area contributed by atoms with Crippen LogP contribution in [0.1, 0.15) is 25.5 Å². The third kappa shape index (κ3) is 2.43. The second kappa shape index (κ2) is 5.71. The van der Waals surface area contributed by atoms with Crippen molar-refractivity contribution in [3.63, 3.8) is 0 Å². The molecule has 0 aromatic carbocycles. The third-order valence-corrected chi connectivity index (χ3v) is 4.89. The maximum absolute atomic E-state index is 5.96. The van der Waals surface area contributed by atoms with Gasteiger partial charge >= 0.3 is 0 Å². The molecule has 1 unspecified atom stereocenters. The second-order valence-electron chi connectivity index (χ2n) is 5.41. The molecule has 5 nitrogen and oxygen atoms in total. The van der Waals surface area contributed by atoms with E-state index >= 15 is 0 Å². The highest BCUT2D eigenvalue weighted by Crippen LogP contribution is 2.37. The number of nitrogens with zero attached hydrogens (tertiary/aromatic N) is 3. The standard InChI is InChI=1S/C14H22N4OS/c1-10(11-3-4-11)17(5-7-19-2)13-12(9-15)18-6-8-20-14(18)16-13/h6,8,10-11H,3-5,7,9,15H2,1-2H3. The van der Waals surface area contributed by atoms with Crippen LogP contribution in [0.3, 0.4) is 0 Å². The van der Waals surface area contributed by atoms with E-state index in [1.165, 1.54) is 12.8 Å². The summed E-state index contributed by atoms with van der Waals surface area (Å²) in [5, 5.41) is 2.05. The highest BCUT2D eigenvalue weighted by Gasteiger charge is 2.34. The Balaban J connectivity index is 1.95. The summed E-state index contributed by atoms with van der Waals surface area (Å²) < 4.78 is 7.38. The molecule has 0 aliphatic heterocycles. The van der Waals surface area contributed by atoms with Crippen LogP contribution < -0.4 is 10.6 Å². The SMILES string of the molecule is COCCN(c1nc2sccn2c1CN)C(C)C1CC1. The molecule has 110 valence electrons. The van der Waals surface area contributed by atoms with Crippen LogP contribution in [0, 0.1) is 5.92 Å². The fraction of sp³-hybridized carbons (Fsp3) is 0.643. The maximum atomic E-state index is 5.96. The van der Waals surface area contributed by atoms with Crippen molar-refractivity contribution in [1.82, 2.24) is 9.38 Å². The van der Waals surface area contributed by atoms with Crippen molar-refractivity contribution in [2.75, 3.05) is 25.2 Å². The number of hydrogen-bond acceptors (Lipinski definition) is 5. The van der Waals surface area contributed by atoms with Crippen LogP contribution in [0.4, 0.5) is 5.82 Å². The average Bonchev–Trinajstić information content (AvgIpc) is 3.11. The molecule has 2 N–H and O–H groups in total. The van der Waals surface area contributed by atoms with Gasteiger partial charge in [-0.3, -0.25) is 4.40 Å². The van der Waals surface area contributed by atoms with Crippen LogP contribution in [-0.2, 0) is 11.3 Å². The zero-order valence-corrected chi connectivity index (χ0v) is 12.9. The van der Waals surface area contributed by atoms with Crippen LogP contribution in [0.25, 0.3) is 4.96 Å². The van der Waals surface area contributed by atoms with Gasteiger partial charge in [0.2, 0.25) is 0 Å². The minimum atomic E-state index is 0.500. The Morgan fingerprint density at radius 3 is 3.05 bits per heavy atom. The summed E-state index contributed by atoms with van der Waals surface area (Å²) in [7, 11) is 1.75. The number of hydrogen-bond donors (Lipinski definition) is 1. The lowest BCUT2D eigenvalue weighted by Gasteiger charge is -2.30. The van der Waals surface area contributed by atoms with Crippen molar-refractivity contribution in [2.24, 2.45) is 11.7 Å². The molecule has 1 atom stereocenters. The molecule has 0 bridgehead atoms. The van der Waals surface area contributed by atoms with Gasteiger partial charge in [-0.25, -0.2) is 4.98 Å². The van der Waals surface area contributed by atoms with E-state index in [-0.39, 0.29) is 0 Å². The smallest absolute Gasteiger partial charge is 0.195 e. The van der Waals surface area contributed by atoms with Crippen molar-refractivity contribution in [1.29, 1.82) is 0 Å². The first-order valence-electron chi connectivity index (χ1n) is 7.16. The van der Waals surface area contributed by atoms with Gasteiger partial charge < -0.3 is 15.4 Å². The summed E-state index contributed by atoms with van der Waals surface area (Å²) in [6.07, 6.45) is 4.70. The number of imidazole rings is 1. The van der Waals surface area contributed by atoms with Crippen molar-refractivity contribution >= 4 is 22.1 Å². The topological polar surface area (TPSA) is 55.8 Å². The molecule has 1 saturated carbocycles. The number of methoxy groups -OCH3 is 1. The first kappa shape index (κ1) is 13.9. The summed E-state index contributed by atoms with van der Waals surface area (Å²) in [4.78, 5) is 8.20. The Morgan fingerprint density at radius 2 is 2.40 bits per heavy atom. The Labute approximate surface area is 123 Å². The van der Waals surface area contributed by atoms with Crippen molar-refractivity contribution in [3.05, 3.63) is 17.3 Å². The summed E-state index contributed by atoms with van der Waals surface area (Å²) in [5.41, 5.74) is 7.07. The van der Waals surface area contributed by atoms with Crippen LogP contribution >= 0.6 is 11.3 Å². The van der Waals surface area contributed by atoms with E-state index in [0.717, 1.165) is 28.9 Å². The lowest BCUT2D eigenvalue weighted by Crippen LogP contribution is -2.38. The number of ether oxygens (including phenoxy) is 1. The van der Waals surface area contributed by atoms with E-state index < -0.39 is 0 Å². The minimum absolute atomic E-state index is 0.500. The van der Waals surface area contributed by atoms with Gasteiger partial charge in [0.05, 0.1) is 12.3 Å². The predicted octanol–water partition coefficient (Wildman–Crippen LogP) is 2.11. The monoisotopic (exact) mass is 294 g/mol. The van der Waals surface area contributed by atoms with Gasteiger partial charge in [0, 0.05) is 37.8 Å². The first-order valence-corrected chi connectivity index (χ1v) is 8.04. The van der Waals surface area contributed by atoms with E-state index in [1.54, 1.807) is 18.4 Å². The molecule has 1 aliphatic rings. The van der Waals surface area contributed by atoms with Crippen LogP contribution in [-0.4, -0.2) is 35.7 Å². The van der Waals surface area contributed by atoms with Crippen molar-refractivity contribution in [3.8, 4) is 0 Å². The largest absolute Gasteiger partial charge is 0.383 e. The van der Waals surface area contributed by atoms with Gasteiger partial charge in [0.25, 0.3) is 0 Å². The normalized spacial score (nSPS) is 16.8. The van der Waals surface area contributed by atoms with Gasteiger partial charge in [-0.05, 0) is 25.7 Å². The van der Waals surface area contributed by atoms with E-state index in [1.807, 2.05) is 0 Å². The van der Waals surface area contributed by atoms with E-state index in [2.05, 4.69) is 27.8 Å². The predicted molar refractivity (Wildman–Crippen MR) is 82.4 cm³/mol. The number of fused-ring (bicyclic) bond motifs is 1. The van der Waals surface area contributed by atoms with Gasteiger partial charge in [0.1, 0.15) is 0 Å². The van der Waals surface area contributed by atoms with Crippen LogP contribution in [0.15, 0.2) is 11.6 Å². The van der Waals surface area contributed by atoms with Gasteiger partial charge in [-0.2, -0.15) is 0 Å². The highest BCUT2D eigenvalue weighted by molar-refractivity contribution is 7.15. The molecule has 0 radical (unpaired) electrons. The zero-order chi connectivity index (χ0) is 14.1. The average molecular weight is 294 g/mol. The Hall–Kier alpha value is -1.11. The number of anilines is 1. The molecule has 3 rings (SSSR count). The molecule has 6 heteroatoms. The van der Waals surface area contributed by atoms with E-state index in [9.17, 15) is 0 Å². The zero-order valence-electron chi connectivity index (χ0n) is 12.1. The number of rotatable bonds is 7. The van der Waals surface area contributed by atoms with Crippen molar-refractivity contribution < 1.29 is 4.74 Å². The molecule has 0 amide bonds. The van der Waals surface area contributed by atoms with Crippen molar-refractivity contribution in [2.45, 2.75) is 32.4 Å². The maximum Gasteiger partial charge on any atom is 0.195 e. The molecule has 2 aromatic heterocycles.